The molecule has 0 amide bonds. The summed E-state index contributed by atoms with van der Waals surface area (Å²) < 4.78 is 2.23. The first kappa shape index (κ1) is 12.7. The van der Waals surface area contributed by atoms with Gasteiger partial charge in [0.05, 0.1) is 11.0 Å². The van der Waals surface area contributed by atoms with Crippen LogP contribution in [0.15, 0.2) is 42.5 Å². The number of phenolic OH excluding ortho intramolecular Hbond substituents is 1. The highest BCUT2D eigenvalue weighted by atomic mass is 16.3. The molecule has 3 rings (SSSR count). The molecule has 102 valence electrons. The molecule has 1 N–H and O–H groups in total. The maximum atomic E-state index is 9.68. The number of rotatable bonds is 3. The second-order valence-electron chi connectivity index (χ2n) is 5.13. The fourth-order valence-corrected chi connectivity index (χ4v) is 2.56. The Labute approximate surface area is 118 Å². The van der Waals surface area contributed by atoms with E-state index in [4.69, 9.17) is 4.98 Å². The van der Waals surface area contributed by atoms with Crippen LogP contribution in [0, 0.1) is 6.92 Å². The minimum absolute atomic E-state index is 0.272. The van der Waals surface area contributed by atoms with Crippen molar-refractivity contribution in [1.29, 1.82) is 0 Å². The highest BCUT2D eigenvalue weighted by Gasteiger charge is 2.12. The van der Waals surface area contributed by atoms with Crippen molar-refractivity contribution in [3.63, 3.8) is 0 Å². The van der Waals surface area contributed by atoms with Crippen LogP contribution in [0.5, 0.6) is 5.75 Å². The zero-order valence-corrected chi connectivity index (χ0v) is 11.8. The molecule has 0 radical (unpaired) electrons. The predicted octanol–water partition coefficient (Wildman–Crippen LogP) is 4.13. The molecule has 20 heavy (non-hydrogen) atoms. The number of aryl methyl sites for hydroxylation is 2. The summed E-state index contributed by atoms with van der Waals surface area (Å²) in [4.78, 5) is 4.76. The number of phenols is 1. The van der Waals surface area contributed by atoms with Gasteiger partial charge < -0.3 is 9.67 Å². The summed E-state index contributed by atoms with van der Waals surface area (Å²) in [5.74, 6) is 1.19. The van der Waals surface area contributed by atoms with E-state index in [2.05, 4.69) is 36.6 Å². The van der Waals surface area contributed by atoms with E-state index < -0.39 is 0 Å². The number of nitrogens with zero attached hydrogens (tertiary/aromatic N) is 2. The van der Waals surface area contributed by atoms with Gasteiger partial charge in [-0.2, -0.15) is 0 Å². The van der Waals surface area contributed by atoms with Gasteiger partial charge >= 0.3 is 0 Å². The van der Waals surface area contributed by atoms with E-state index in [1.165, 1.54) is 5.56 Å². The predicted molar refractivity (Wildman–Crippen MR) is 81.9 cm³/mol. The lowest BCUT2D eigenvalue weighted by molar-refractivity contribution is 0.475. The van der Waals surface area contributed by atoms with E-state index in [0.717, 1.165) is 35.4 Å². The lowest BCUT2D eigenvalue weighted by Gasteiger charge is -2.08. The third-order valence-corrected chi connectivity index (χ3v) is 3.46. The third-order valence-electron chi connectivity index (χ3n) is 3.46. The molecule has 0 aliphatic rings. The van der Waals surface area contributed by atoms with E-state index in [0.29, 0.717) is 0 Å². The topological polar surface area (TPSA) is 38.0 Å². The lowest BCUT2D eigenvalue weighted by Crippen LogP contribution is -1.99. The van der Waals surface area contributed by atoms with Crippen molar-refractivity contribution < 1.29 is 5.11 Å². The molecule has 0 atom stereocenters. The molecule has 3 heteroatoms. The van der Waals surface area contributed by atoms with Crippen LogP contribution in [0.3, 0.4) is 0 Å². The van der Waals surface area contributed by atoms with Gasteiger partial charge in [-0.25, -0.2) is 4.98 Å². The zero-order chi connectivity index (χ0) is 14.1. The molecule has 0 bridgehead atoms. The highest BCUT2D eigenvalue weighted by Crippen LogP contribution is 2.27. The molecular weight excluding hydrogens is 248 g/mol. The molecule has 0 fully saturated rings. The Morgan fingerprint density at radius 3 is 2.75 bits per heavy atom. The summed E-state index contributed by atoms with van der Waals surface area (Å²) in [6.45, 7) is 5.16. The van der Waals surface area contributed by atoms with Gasteiger partial charge in [0.25, 0.3) is 0 Å². The van der Waals surface area contributed by atoms with Crippen molar-refractivity contribution in [3.05, 3.63) is 48.0 Å². The van der Waals surface area contributed by atoms with Crippen LogP contribution in [0.2, 0.25) is 0 Å². The van der Waals surface area contributed by atoms with Crippen LogP contribution >= 0.6 is 0 Å². The van der Waals surface area contributed by atoms with Crippen molar-refractivity contribution in [3.8, 4) is 17.1 Å². The standard InChI is InChI=1S/C17H18N2O/c1-3-9-19-16-8-7-12(2)10-15(16)18-17(19)13-5-4-6-14(20)11-13/h4-8,10-11,20H,3,9H2,1-2H3. The van der Waals surface area contributed by atoms with Gasteiger partial charge in [-0.3, -0.25) is 0 Å². The number of hydrogen-bond donors (Lipinski definition) is 1. The molecule has 0 spiro atoms. The molecule has 0 saturated heterocycles. The largest absolute Gasteiger partial charge is 0.508 e. The zero-order valence-electron chi connectivity index (χ0n) is 11.8. The van der Waals surface area contributed by atoms with E-state index >= 15 is 0 Å². The Bertz CT molecular complexity index is 759. The van der Waals surface area contributed by atoms with Crippen molar-refractivity contribution in [2.45, 2.75) is 26.8 Å². The highest BCUT2D eigenvalue weighted by molar-refractivity contribution is 5.81. The van der Waals surface area contributed by atoms with E-state index in [1.807, 2.05) is 12.1 Å². The monoisotopic (exact) mass is 266 g/mol. The summed E-state index contributed by atoms with van der Waals surface area (Å²) in [6, 6.07) is 13.6. The molecule has 0 aliphatic carbocycles. The minimum Gasteiger partial charge on any atom is -0.508 e. The normalized spacial score (nSPS) is 11.1. The van der Waals surface area contributed by atoms with Gasteiger partial charge in [0.15, 0.2) is 0 Å². The lowest BCUT2D eigenvalue weighted by atomic mass is 10.2. The molecule has 1 heterocycles. The molecular formula is C17H18N2O. The smallest absolute Gasteiger partial charge is 0.141 e. The first-order valence-corrected chi connectivity index (χ1v) is 6.95. The summed E-state index contributed by atoms with van der Waals surface area (Å²) >= 11 is 0. The van der Waals surface area contributed by atoms with Crippen molar-refractivity contribution in [1.82, 2.24) is 9.55 Å². The molecule has 0 unspecified atom stereocenters. The maximum Gasteiger partial charge on any atom is 0.141 e. The third kappa shape index (κ3) is 2.16. The van der Waals surface area contributed by atoms with Gasteiger partial charge in [0.2, 0.25) is 0 Å². The fraction of sp³-hybridized carbons (Fsp3) is 0.235. The van der Waals surface area contributed by atoms with Gasteiger partial charge in [-0.1, -0.05) is 25.1 Å². The Balaban J connectivity index is 2.25. The molecule has 2 aromatic carbocycles. The van der Waals surface area contributed by atoms with Gasteiger partial charge in [-0.05, 0) is 43.2 Å². The molecule has 3 nitrogen and oxygen atoms in total. The summed E-state index contributed by atoms with van der Waals surface area (Å²) in [7, 11) is 0. The second kappa shape index (κ2) is 5.00. The van der Waals surface area contributed by atoms with Gasteiger partial charge in [-0.15, -0.1) is 0 Å². The quantitative estimate of drug-likeness (QED) is 0.774. The Morgan fingerprint density at radius 1 is 1.15 bits per heavy atom. The number of aromatic hydroxyl groups is 1. The second-order valence-corrected chi connectivity index (χ2v) is 5.13. The molecule has 0 saturated carbocycles. The van der Waals surface area contributed by atoms with Crippen molar-refractivity contribution in [2.75, 3.05) is 0 Å². The van der Waals surface area contributed by atoms with Gasteiger partial charge in [0.1, 0.15) is 11.6 Å². The number of imidazole rings is 1. The number of benzene rings is 2. The average molecular weight is 266 g/mol. The van der Waals surface area contributed by atoms with Crippen molar-refractivity contribution in [2.24, 2.45) is 0 Å². The molecule has 0 aliphatic heterocycles. The summed E-state index contributed by atoms with van der Waals surface area (Å²) in [6.07, 6.45) is 1.05. The number of fused-ring (bicyclic) bond motifs is 1. The van der Waals surface area contributed by atoms with Crippen LogP contribution in [0.1, 0.15) is 18.9 Å². The first-order valence-electron chi connectivity index (χ1n) is 6.95. The first-order chi connectivity index (χ1) is 9.69. The number of aromatic nitrogens is 2. The fourth-order valence-electron chi connectivity index (χ4n) is 2.56. The summed E-state index contributed by atoms with van der Waals surface area (Å²) in [5, 5.41) is 9.68. The van der Waals surface area contributed by atoms with E-state index in [-0.39, 0.29) is 5.75 Å². The summed E-state index contributed by atoms with van der Waals surface area (Å²) in [5.41, 5.74) is 4.32. The van der Waals surface area contributed by atoms with Crippen LogP contribution in [-0.4, -0.2) is 14.7 Å². The van der Waals surface area contributed by atoms with Gasteiger partial charge in [0, 0.05) is 12.1 Å². The minimum atomic E-state index is 0.272. The Kier molecular flexibility index (Phi) is 3.18. The van der Waals surface area contributed by atoms with Crippen LogP contribution in [0.25, 0.3) is 22.4 Å². The van der Waals surface area contributed by atoms with E-state index in [1.54, 1.807) is 12.1 Å². The van der Waals surface area contributed by atoms with Crippen LogP contribution in [0.4, 0.5) is 0 Å². The molecule has 3 aromatic rings. The van der Waals surface area contributed by atoms with E-state index in [9.17, 15) is 5.11 Å². The number of hydrogen-bond acceptors (Lipinski definition) is 2. The molecule has 1 aromatic heterocycles. The van der Waals surface area contributed by atoms with Crippen LogP contribution < -0.4 is 0 Å². The van der Waals surface area contributed by atoms with Crippen molar-refractivity contribution >= 4 is 11.0 Å². The Hall–Kier alpha value is -2.29. The van der Waals surface area contributed by atoms with Crippen LogP contribution in [-0.2, 0) is 6.54 Å². The average Bonchev–Trinajstić information content (AvgIpc) is 2.77. The SMILES string of the molecule is CCCn1c(-c2cccc(O)c2)nc2cc(C)ccc21. The Morgan fingerprint density at radius 2 is 2.00 bits per heavy atom. The maximum absolute atomic E-state index is 9.68.